The molecule has 4 nitrogen and oxygen atoms in total. The Morgan fingerprint density at radius 2 is 1.85 bits per heavy atom. The number of carbonyl (C=O) groups excluding carboxylic acids is 2. The summed E-state index contributed by atoms with van der Waals surface area (Å²) >= 11 is 0. The second-order valence-electron chi connectivity index (χ2n) is 6.45. The van der Waals surface area contributed by atoms with E-state index in [1.54, 1.807) is 37.3 Å². The highest BCUT2D eigenvalue weighted by molar-refractivity contribution is 5.75. The fourth-order valence-corrected chi connectivity index (χ4v) is 2.55. The number of primary amides is 1. The summed E-state index contributed by atoms with van der Waals surface area (Å²) in [4.78, 5) is 23.2. The van der Waals surface area contributed by atoms with Gasteiger partial charge in [0.1, 0.15) is 11.6 Å². The normalized spacial score (nSPS) is 11.8. The first-order valence-corrected chi connectivity index (χ1v) is 8.75. The highest BCUT2D eigenvalue weighted by Gasteiger charge is 2.14. The van der Waals surface area contributed by atoms with Crippen molar-refractivity contribution in [3.05, 3.63) is 65.0 Å². The molecular weight excluding hydrogens is 333 g/mol. The zero-order valence-electron chi connectivity index (χ0n) is 15.1. The van der Waals surface area contributed by atoms with Crippen molar-refractivity contribution in [2.24, 2.45) is 11.7 Å². The Bertz CT molecular complexity index is 789. The first-order chi connectivity index (χ1) is 12.4. The molecule has 0 bridgehead atoms. The van der Waals surface area contributed by atoms with Crippen LogP contribution in [0.3, 0.4) is 0 Å². The van der Waals surface area contributed by atoms with Gasteiger partial charge in [0.25, 0.3) is 0 Å². The number of benzene rings is 2. The molecule has 5 heteroatoms. The minimum absolute atomic E-state index is 0.196. The smallest absolute Gasteiger partial charge is 0.314 e. The lowest BCUT2D eigenvalue weighted by Gasteiger charge is -2.13. The summed E-state index contributed by atoms with van der Waals surface area (Å²) in [6.07, 6.45) is 1.68. The van der Waals surface area contributed by atoms with Gasteiger partial charge in [0.2, 0.25) is 5.91 Å². The Morgan fingerprint density at radius 1 is 1.15 bits per heavy atom. The van der Waals surface area contributed by atoms with Crippen molar-refractivity contribution in [3.63, 3.8) is 0 Å². The monoisotopic (exact) mass is 357 g/mol. The molecule has 26 heavy (non-hydrogen) atoms. The van der Waals surface area contributed by atoms with Gasteiger partial charge in [-0.25, -0.2) is 4.39 Å². The van der Waals surface area contributed by atoms with E-state index < -0.39 is 5.91 Å². The van der Waals surface area contributed by atoms with Crippen LogP contribution in [0.25, 0.3) is 0 Å². The van der Waals surface area contributed by atoms with E-state index in [9.17, 15) is 14.0 Å². The van der Waals surface area contributed by atoms with Crippen LogP contribution < -0.4 is 10.5 Å². The highest BCUT2D eigenvalue weighted by atomic mass is 19.1. The molecule has 1 atom stereocenters. The van der Waals surface area contributed by atoms with Crippen LogP contribution in [0.5, 0.6) is 5.75 Å². The predicted octanol–water partition coefficient (Wildman–Crippen LogP) is 3.79. The number of hydrogen-bond donors (Lipinski definition) is 1. The zero-order chi connectivity index (χ0) is 19.1. The third-order valence-electron chi connectivity index (χ3n) is 4.27. The summed E-state index contributed by atoms with van der Waals surface area (Å²) in [5.41, 5.74) is 7.41. The van der Waals surface area contributed by atoms with Crippen molar-refractivity contribution >= 4 is 11.9 Å². The number of amides is 1. The van der Waals surface area contributed by atoms with Gasteiger partial charge in [-0.3, -0.25) is 9.59 Å². The lowest BCUT2D eigenvalue weighted by atomic mass is 10.00. The van der Waals surface area contributed by atoms with Crippen molar-refractivity contribution in [2.45, 2.75) is 39.5 Å². The number of esters is 1. The molecule has 0 aliphatic heterocycles. The van der Waals surface area contributed by atoms with Gasteiger partial charge in [0.05, 0.1) is 5.92 Å². The quantitative estimate of drug-likeness (QED) is 0.577. The molecule has 2 N–H and O–H groups in total. The number of rotatable bonds is 8. The molecule has 2 rings (SSSR count). The van der Waals surface area contributed by atoms with E-state index in [0.29, 0.717) is 30.6 Å². The fraction of sp³-hybridized carbons (Fsp3) is 0.333. The Labute approximate surface area is 153 Å². The van der Waals surface area contributed by atoms with Crippen LogP contribution in [-0.2, 0) is 22.4 Å². The average Bonchev–Trinajstić information content (AvgIpc) is 2.61. The van der Waals surface area contributed by atoms with Crippen LogP contribution in [0.4, 0.5) is 4.39 Å². The van der Waals surface area contributed by atoms with E-state index >= 15 is 0 Å². The molecule has 0 radical (unpaired) electrons. The Morgan fingerprint density at radius 3 is 2.50 bits per heavy atom. The molecule has 0 fully saturated rings. The summed E-state index contributed by atoms with van der Waals surface area (Å²) in [6.45, 7) is 3.72. The van der Waals surface area contributed by atoms with Crippen molar-refractivity contribution in [3.8, 4) is 5.75 Å². The number of halogens is 1. The summed E-state index contributed by atoms with van der Waals surface area (Å²) in [5.74, 6) is -0.796. The topological polar surface area (TPSA) is 69.4 Å². The van der Waals surface area contributed by atoms with Gasteiger partial charge in [0, 0.05) is 12.8 Å². The van der Waals surface area contributed by atoms with Crippen LogP contribution in [0.15, 0.2) is 42.5 Å². The zero-order valence-corrected chi connectivity index (χ0v) is 15.1. The van der Waals surface area contributed by atoms with Crippen LogP contribution in [0, 0.1) is 11.7 Å². The molecule has 0 heterocycles. The molecule has 0 aromatic heterocycles. The minimum atomic E-state index is -0.400. The van der Waals surface area contributed by atoms with E-state index in [1.807, 2.05) is 13.0 Å². The van der Waals surface area contributed by atoms with E-state index in [1.165, 1.54) is 6.07 Å². The fourth-order valence-electron chi connectivity index (χ4n) is 2.55. The second-order valence-corrected chi connectivity index (χ2v) is 6.45. The van der Waals surface area contributed by atoms with Crippen LogP contribution in [0.1, 0.15) is 43.4 Å². The molecular formula is C21H24FNO3. The maximum Gasteiger partial charge on any atom is 0.314 e. The number of nitrogens with two attached hydrogens (primary N) is 1. The van der Waals surface area contributed by atoms with Crippen molar-refractivity contribution < 1.29 is 18.7 Å². The number of hydrogen-bond acceptors (Lipinski definition) is 3. The maximum absolute atomic E-state index is 13.9. The second kappa shape index (κ2) is 9.13. The van der Waals surface area contributed by atoms with E-state index in [4.69, 9.17) is 10.5 Å². The standard InChI is InChI=1S/C21H24FNO3/c1-3-14(2)21(25)26-18-12-15(8-9-20(23)24)10-16(13-18)11-17-6-4-5-7-19(17)22/h4-7,10,12-14H,3,8-9,11H2,1-2H3,(H2,23,24). The SMILES string of the molecule is CCC(C)C(=O)Oc1cc(CCC(N)=O)cc(Cc2ccccc2F)c1. The van der Waals surface area contributed by atoms with Gasteiger partial charge in [-0.1, -0.05) is 38.1 Å². The minimum Gasteiger partial charge on any atom is -0.426 e. The molecule has 1 amide bonds. The summed E-state index contributed by atoms with van der Waals surface area (Å²) in [7, 11) is 0. The third-order valence-corrected chi connectivity index (χ3v) is 4.27. The van der Waals surface area contributed by atoms with E-state index in [2.05, 4.69) is 0 Å². The Hall–Kier alpha value is -2.69. The lowest BCUT2D eigenvalue weighted by Crippen LogP contribution is -2.17. The molecule has 0 saturated heterocycles. The molecule has 0 aliphatic rings. The molecule has 0 saturated carbocycles. The summed E-state index contributed by atoms with van der Waals surface area (Å²) in [5, 5.41) is 0. The van der Waals surface area contributed by atoms with Crippen molar-refractivity contribution in [1.29, 1.82) is 0 Å². The molecule has 0 spiro atoms. The van der Waals surface area contributed by atoms with Gasteiger partial charge in [-0.2, -0.15) is 0 Å². The number of carbonyl (C=O) groups is 2. The number of aryl methyl sites for hydroxylation is 1. The summed E-state index contributed by atoms with van der Waals surface area (Å²) < 4.78 is 19.4. The van der Waals surface area contributed by atoms with E-state index in [-0.39, 0.29) is 24.1 Å². The Balaban J connectivity index is 2.28. The molecule has 2 aromatic carbocycles. The first kappa shape index (κ1) is 19.6. The van der Waals surface area contributed by atoms with Crippen molar-refractivity contribution in [1.82, 2.24) is 0 Å². The van der Waals surface area contributed by atoms with Crippen molar-refractivity contribution in [2.75, 3.05) is 0 Å². The Kier molecular flexibility index (Phi) is 6.89. The third kappa shape index (κ3) is 5.69. The van der Waals surface area contributed by atoms with Gasteiger partial charge in [-0.15, -0.1) is 0 Å². The number of ether oxygens (including phenoxy) is 1. The maximum atomic E-state index is 13.9. The highest BCUT2D eigenvalue weighted by Crippen LogP contribution is 2.23. The van der Waals surface area contributed by atoms with Gasteiger partial charge >= 0.3 is 5.97 Å². The van der Waals surface area contributed by atoms with Crippen LogP contribution >= 0.6 is 0 Å². The van der Waals surface area contributed by atoms with Gasteiger partial charge in [0.15, 0.2) is 0 Å². The molecule has 138 valence electrons. The van der Waals surface area contributed by atoms with Crippen LogP contribution in [-0.4, -0.2) is 11.9 Å². The molecule has 1 unspecified atom stereocenters. The molecule has 2 aromatic rings. The predicted molar refractivity (Wildman–Crippen MR) is 98.3 cm³/mol. The first-order valence-electron chi connectivity index (χ1n) is 8.75. The van der Waals surface area contributed by atoms with Gasteiger partial charge in [-0.05, 0) is 47.7 Å². The van der Waals surface area contributed by atoms with Gasteiger partial charge < -0.3 is 10.5 Å². The molecule has 0 aliphatic carbocycles. The summed E-state index contributed by atoms with van der Waals surface area (Å²) in [6, 6.07) is 11.9. The average molecular weight is 357 g/mol. The van der Waals surface area contributed by atoms with Crippen LogP contribution in [0.2, 0.25) is 0 Å². The largest absolute Gasteiger partial charge is 0.426 e. The van der Waals surface area contributed by atoms with E-state index in [0.717, 1.165) is 11.1 Å². The lowest BCUT2D eigenvalue weighted by molar-refractivity contribution is -0.138.